The molecule has 0 aromatic heterocycles. The van der Waals surface area contributed by atoms with Crippen LogP contribution in [0.2, 0.25) is 0 Å². The summed E-state index contributed by atoms with van der Waals surface area (Å²) in [6.45, 7) is 3.56. The molecule has 0 bridgehead atoms. The Morgan fingerprint density at radius 3 is 2.23 bits per heavy atom. The molecule has 1 rings (SSSR count). The van der Waals surface area contributed by atoms with Crippen LogP contribution in [-0.4, -0.2) is 28.2 Å². The van der Waals surface area contributed by atoms with Crippen LogP contribution >= 0.6 is 0 Å². The lowest BCUT2D eigenvalue weighted by Crippen LogP contribution is -2.39. The van der Waals surface area contributed by atoms with Gasteiger partial charge in [-0.05, 0) is 26.7 Å². The van der Waals surface area contributed by atoms with Crippen molar-refractivity contribution in [3.63, 3.8) is 0 Å². The lowest BCUT2D eigenvalue weighted by Gasteiger charge is -2.34. The molecule has 0 atom stereocenters. The van der Waals surface area contributed by atoms with Crippen molar-refractivity contribution in [2.45, 2.75) is 57.3 Å². The first-order valence-electron chi connectivity index (χ1n) is 5.00. The molecule has 0 aromatic carbocycles. The van der Waals surface area contributed by atoms with Crippen LogP contribution in [0.1, 0.15) is 46.0 Å². The Hall–Kier alpha value is -0.120. The molecular formula is C10H20O3. The Labute approximate surface area is 79.7 Å². The van der Waals surface area contributed by atoms with Crippen molar-refractivity contribution in [2.75, 3.05) is 6.61 Å². The van der Waals surface area contributed by atoms with E-state index in [2.05, 4.69) is 0 Å². The van der Waals surface area contributed by atoms with Gasteiger partial charge in [-0.15, -0.1) is 0 Å². The van der Waals surface area contributed by atoms with Crippen molar-refractivity contribution in [2.24, 2.45) is 0 Å². The van der Waals surface area contributed by atoms with Crippen LogP contribution in [0, 0.1) is 0 Å². The highest BCUT2D eigenvalue weighted by Crippen LogP contribution is 2.29. The molecule has 0 saturated heterocycles. The van der Waals surface area contributed by atoms with Gasteiger partial charge in [0, 0.05) is 12.8 Å². The Kier molecular flexibility index (Phi) is 3.33. The van der Waals surface area contributed by atoms with Gasteiger partial charge in [0.15, 0.2) is 5.79 Å². The molecular weight excluding hydrogens is 168 g/mol. The second-order valence-electron chi connectivity index (χ2n) is 4.61. The van der Waals surface area contributed by atoms with E-state index in [0.717, 1.165) is 12.8 Å². The molecule has 13 heavy (non-hydrogen) atoms. The van der Waals surface area contributed by atoms with Gasteiger partial charge in [-0.1, -0.05) is 6.42 Å². The predicted molar refractivity (Wildman–Crippen MR) is 50.3 cm³/mol. The maximum absolute atomic E-state index is 9.90. The van der Waals surface area contributed by atoms with Gasteiger partial charge >= 0.3 is 0 Å². The molecule has 0 radical (unpaired) electrons. The summed E-state index contributed by atoms with van der Waals surface area (Å²) in [5, 5.41) is 19.3. The summed E-state index contributed by atoms with van der Waals surface area (Å²) >= 11 is 0. The first-order chi connectivity index (χ1) is 5.91. The van der Waals surface area contributed by atoms with Crippen molar-refractivity contribution >= 4 is 0 Å². The maximum atomic E-state index is 9.90. The van der Waals surface area contributed by atoms with E-state index in [9.17, 15) is 10.2 Å². The van der Waals surface area contributed by atoms with Crippen molar-refractivity contribution in [3.05, 3.63) is 0 Å². The van der Waals surface area contributed by atoms with Crippen molar-refractivity contribution in [3.8, 4) is 0 Å². The summed E-state index contributed by atoms with van der Waals surface area (Å²) < 4.78 is 5.34. The quantitative estimate of drug-likeness (QED) is 0.659. The molecule has 0 aromatic rings. The van der Waals surface area contributed by atoms with E-state index in [-0.39, 0.29) is 6.61 Å². The summed E-state index contributed by atoms with van der Waals surface area (Å²) in [6.07, 6.45) is 4.60. The number of rotatable bonds is 3. The number of hydrogen-bond donors (Lipinski definition) is 2. The Bertz CT molecular complexity index is 154. The number of ether oxygens (including phenoxy) is 1. The summed E-state index contributed by atoms with van der Waals surface area (Å²) in [5.41, 5.74) is -0.854. The SMILES string of the molecule is CC(C)(O)COC1(O)CCCCC1. The molecule has 0 unspecified atom stereocenters. The van der Waals surface area contributed by atoms with Crippen molar-refractivity contribution in [1.82, 2.24) is 0 Å². The van der Waals surface area contributed by atoms with E-state index in [4.69, 9.17) is 4.74 Å². The molecule has 1 saturated carbocycles. The first kappa shape index (κ1) is 11.0. The predicted octanol–water partition coefficient (Wildman–Crippen LogP) is 1.43. The minimum atomic E-state index is -0.974. The van der Waals surface area contributed by atoms with E-state index in [1.807, 2.05) is 0 Å². The van der Waals surface area contributed by atoms with Crippen LogP contribution < -0.4 is 0 Å². The van der Waals surface area contributed by atoms with Gasteiger partial charge in [-0.2, -0.15) is 0 Å². The molecule has 1 aliphatic carbocycles. The van der Waals surface area contributed by atoms with Crippen LogP contribution in [0.5, 0.6) is 0 Å². The molecule has 78 valence electrons. The minimum Gasteiger partial charge on any atom is -0.388 e. The van der Waals surface area contributed by atoms with E-state index in [0.29, 0.717) is 12.8 Å². The fraction of sp³-hybridized carbons (Fsp3) is 1.00. The summed E-state index contributed by atoms with van der Waals surface area (Å²) in [6, 6.07) is 0. The molecule has 1 fully saturated rings. The fourth-order valence-corrected chi connectivity index (χ4v) is 1.56. The summed E-state index contributed by atoms with van der Waals surface area (Å²) in [5.74, 6) is -0.974. The van der Waals surface area contributed by atoms with E-state index >= 15 is 0 Å². The Morgan fingerprint density at radius 1 is 1.23 bits per heavy atom. The normalized spacial score (nSPS) is 23.1. The maximum Gasteiger partial charge on any atom is 0.165 e. The molecule has 0 heterocycles. The van der Waals surface area contributed by atoms with Gasteiger partial charge in [0.2, 0.25) is 0 Å². The zero-order valence-electron chi connectivity index (χ0n) is 8.55. The molecule has 0 spiro atoms. The Balaban J connectivity index is 2.33. The van der Waals surface area contributed by atoms with Crippen molar-refractivity contribution < 1.29 is 14.9 Å². The Morgan fingerprint density at radius 2 is 1.77 bits per heavy atom. The molecule has 1 aliphatic rings. The topological polar surface area (TPSA) is 49.7 Å². The molecule has 0 aliphatic heterocycles. The first-order valence-corrected chi connectivity index (χ1v) is 5.00. The van der Waals surface area contributed by atoms with Crippen LogP contribution in [0.4, 0.5) is 0 Å². The van der Waals surface area contributed by atoms with Crippen LogP contribution in [0.25, 0.3) is 0 Å². The van der Waals surface area contributed by atoms with Gasteiger partial charge in [0.25, 0.3) is 0 Å². The van der Waals surface area contributed by atoms with Gasteiger partial charge in [0.05, 0.1) is 12.2 Å². The lowest BCUT2D eigenvalue weighted by molar-refractivity contribution is -0.239. The smallest absolute Gasteiger partial charge is 0.165 e. The zero-order valence-corrected chi connectivity index (χ0v) is 8.55. The van der Waals surface area contributed by atoms with Crippen LogP contribution in [-0.2, 0) is 4.74 Å². The third-order valence-corrected chi connectivity index (χ3v) is 2.33. The number of hydrogen-bond acceptors (Lipinski definition) is 3. The van der Waals surface area contributed by atoms with E-state index in [1.54, 1.807) is 13.8 Å². The number of aliphatic hydroxyl groups is 2. The van der Waals surface area contributed by atoms with Crippen LogP contribution in [0.3, 0.4) is 0 Å². The van der Waals surface area contributed by atoms with Gasteiger partial charge in [-0.25, -0.2) is 0 Å². The van der Waals surface area contributed by atoms with Crippen molar-refractivity contribution in [1.29, 1.82) is 0 Å². The standard InChI is InChI=1S/C10H20O3/c1-9(2,11)8-13-10(12)6-4-3-5-7-10/h11-12H,3-8H2,1-2H3. The monoisotopic (exact) mass is 188 g/mol. The van der Waals surface area contributed by atoms with Gasteiger partial charge in [-0.3, -0.25) is 0 Å². The van der Waals surface area contributed by atoms with Gasteiger partial charge in [0.1, 0.15) is 0 Å². The average Bonchev–Trinajstić information content (AvgIpc) is 2.02. The third kappa shape index (κ3) is 4.07. The highest BCUT2D eigenvalue weighted by Gasteiger charge is 2.31. The summed E-state index contributed by atoms with van der Waals surface area (Å²) in [7, 11) is 0. The van der Waals surface area contributed by atoms with E-state index < -0.39 is 11.4 Å². The molecule has 0 amide bonds. The molecule has 2 N–H and O–H groups in total. The van der Waals surface area contributed by atoms with E-state index in [1.165, 1.54) is 6.42 Å². The summed E-state index contributed by atoms with van der Waals surface area (Å²) in [4.78, 5) is 0. The highest BCUT2D eigenvalue weighted by atomic mass is 16.6. The molecule has 3 nitrogen and oxygen atoms in total. The lowest BCUT2D eigenvalue weighted by atomic mass is 9.94. The zero-order chi connectivity index (χ0) is 9.95. The van der Waals surface area contributed by atoms with Gasteiger partial charge < -0.3 is 14.9 Å². The third-order valence-electron chi connectivity index (χ3n) is 2.33. The second-order valence-corrected chi connectivity index (χ2v) is 4.61. The fourth-order valence-electron chi connectivity index (χ4n) is 1.56. The largest absolute Gasteiger partial charge is 0.388 e. The second kappa shape index (κ2) is 3.95. The average molecular weight is 188 g/mol. The van der Waals surface area contributed by atoms with Crippen LogP contribution in [0.15, 0.2) is 0 Å². The highest BCUT2D eigenvalue weighted by molar-refractivity contribution is 4.75. The minimum absolute atomic E-state index is 0.198. The molecule has 3 heteroatoms.